The lowest BCUT2D eigenvalue weighted by Crippen LogP contribution is -2.52. The predicted molar refractivity (Wildman–Crippen MR) is 145 cm³/mol. The standard InChI is InChI=1S/C29H33FN4O3S/c1-18-17-38-28(32-18)25-8-4-14-34(25)29(37)21-6-2-5-20(16-21)27(36)33-24(26(35)23-7-3-13-31-23)15-19-9-11-22(30)12-10-19/h2,5-6,9-12,16-17,23-26,31,35H,3-4,7-8,13-15H2,1H3,(H,33,36)/t23?,24-,25?,26+/m0/s1. The highest BCUT2D eigenvalue weighted by Gasteiger charge is 2.34. The maximum Gasteiger partial charge on any atom is 0.254 e. The Morgan fingerprint density at radius 2 is 1.97 bits per heavy atom. The van der Waals surface area contributed by atoms with Gasteiger partial charge >= 0.3 is 0 Å². The molecule has 2 saturated heterocycles. The summed E-state index contributed by atoms with van der Waals surface area (Å²) in [5.74, 6) is -0.815. The number of rotatable bonds is 8. The third kappa shape index (κ3) is 5.95. The van der Waals surface area contributed by atoms with E-state index in [0.717, 1.165) is 48.5 Å². The fourth-order valence-electron chi connectivity index (χ4n) is 5.42. The van der Waals surface area contributed by atoms with Crippen LogP contribution in [0.3, 0.4) is 0 Å². The zero-order valence-electron chi connectivity index (χ0n) is 21.4. The van der Waals surface area contributed by atoms with Crippen molar-refractivity contribution >= 4 is 23.2 Å². The van der Waals surface area contributed by atoms with Gasteiger partial charge in [0, 0.05) is 34.8 Å². The van der Waals surface area contributed by atoms with Crippen LogP contribution in [0.1, 0.15) is 68.7 Å². The monoisotopic (exact) mass is 536 g/mol. The van der Waals surface area contributed by atoms with E-state index in [4.69, 9.17) is 0 Å². The molecule has 2 aromatic carbocycles. The molecular formula is C29H33FN4O3S. The first-order valence-electron chi connectivity index (χ1n) is 13.2. The number of halogens is 1. The Morgan fingerprint density at radius 3 is 2.68 bits per heavy atom. The van der Waals surface area contributed by atoms with Gasteiger partial charge in [-0.05, 0) is 81.5 Å². The van der Waals surface area contributed by atoms with Crippen LogP contribution in [0.15, 0.2) is 53.9 Å². The first-order chi connectivity index (χ1) is 18.4. The number of benzene rings is 2. The van der Waals surface area contributed by atoms with Gasteiger partial charge in [0.25, 0.3) is 11.8 Å². The quantitative estimate of drug-likeness (QED) is 0.404. The summed E-state index contributed by atoms with van der Waals surface area (Å²) in [6.45, 7) is 3.42. The van der Waals surface area contributed by atoms with Crippen molar-refractivity contribution in [3.05, 3.63) is 87.1 Å². The van der Waals surface area contributed by atoms with Crippen molar-refractivity contribution in [2.75, 3.05) is 13.1 Å². The van der Waals surface area contributed by atoms with Crippen LogP contribution in [-0.4, -0.2) is 58.1 Å². The van der Waals surface area contributed by atoms with Crippen LogP contribution in [0.2, 0.25) is 0 Å². The lowest BCUT2D eigenvalue weighted by molar-refractivity contribution is 0.0733. The molecule has 2 amide bonds. The van der Waals surface area contributed by atoms with E-state index < -0.39 is 12.1 Å². The molecule has 1 aromatic heterocycles. The minimum Gasteiger partial charge on any atom is -0.389 e. The van der Waals surface area contributed by atoms with Gasteiger partial charge in [0.05, 0.1) is 18.2 Å². The molecule has 2 aliphatic heterocycles. The molecule has 0 bridgehead atoms. The molecular weight excluding hydrogens is 503 g/mol. The van der Waals surface area contributed by atoms with Gasteiger partial charge in [0.2, 0.25) is 0 Å². The number of thiazole rings is 1. The van der Waals surface area contributed by atoms with Gasteiger partial charge in [-0.25, -0.2) is 9.37 Å². The highest BCUT2D eigenvalue weighted by Crippen LogP contribution is 2.34. The Balaban J connectivity index is 1.32. The van der Waals surface area contributed by atoms with Crippen LogP contribution in [0.25, 0.3) is 0 Å². The summed E-state index contributed by atoms with van der Waals surface area (Å²) in [5.41, 5.74) is 2.57. The molecule has 2 aliphatic rings. The van der Waals surface area contributed by atoms with E-state index in [1.165, 1.54) is 12.1 Å². The molecule has 4 atom stereocenters. The molecule has 0 spiro atoms. The van der Waals surface area contributed by atoms with Gasteiger partial charge in [-0.2, -0.15) is 0 Å². The van der Waals surface area contributed by atoms with E-state index in [1.807, 2.05) is 17.2 Å². The number of aliphatic hydroxyl groups is 1. The average molecular weight is 537 g/mol. The van der Waals surface area contributed by atoms with Crippen molar-refractivity contribution in [1.29, 1.82) is 0 Å². The summed E-state index contributed by atoms with van der Waals surface area (Å²) in [7, 11) is 0. The Morgan fingerprint density at radius 1 is 1.18 bits per heavy atom. The van der Waals surface area contributed by atoms with Crippen molar-refractivity contribution in [2.24, 2.45) is 0 Å². The summed E-state index contributed by atoms with van der Waals surface area (Å²) in [6.07, 6.45) is 3.10. The van der Waals surface area contributed by atoms with E-state index in [-0.39, 0.29) is 29.7 Å². The van der Waals surface area contributed by atoms with E-state index >= 15 is 0 Å². The van der Waals surface area contributed by atoms with Crippen LogP contribution in [0, 0.1) is 12.7 Å². The number of likely N-dealkylation sites (tertiary alicyclic amines) is 1. The van der Waals surface area contributed by atoms with Gasteiger partial charge in [-0.3, -0.25) is 9.59 Å². The minimum absolute atomic E-state index is 0.0483. The van der Waals surface area contributed by atoms with E-state index in [1.54, 1.807) is 47.7 Å². The molecule has 3 aromatic rings. The molecule has 38 heavy (non-hydrogen) atoms. The lowest BCUT2D eigenvalue weighted by atomic mass is 9.95. The number of nitrogens with zero attached hydrogens (tertiary/aromatic N) is 2. The molecule has 9 heteroatoms. The van der Waals surface area contributed by atoms with Gasteiger partial charge in [0.1, 0.15) is 10.8 Å². The molecule has 200 valence electrons. The third-order valence-corrected chi connectivity index (χ3v) is 8.48. The SMILES string of the molecule is Cc1csc(C2CCCN2C(=O)c2cccc(C(=O)N[C@@H](Cc3ccc(F)cc3)[C@H](O)C3CCCN3)c2)n1. The first-order valence-corrected chi connectivity index (χ1v) is 14.1. The van der Waals surface area contributed by atoms with Gasteiger partial charge in [0.15, 0.2) is 0 Å². The maximum absolute atomic E-state index is 13.5. The molecule has 3 N–H and O–H groups in total. The molecule has 5 rings (SSSR count). The van der Waals surface area contributed by atoms with Crippen LogP contribution in [0.5, 0.6) is 0 Å². The van der Waals surface area contributed by atoms with Crippen molar-refractivity contribution in [2.45, 2.75) is 63.3 Å². The van der Waals surface area contributed by atoms with Crippen molar-refractivity contribution in [3.8, 4) is 0 Å². The summed E-state index contributed by atoms with van der Waals surface area (Å²) in [4.78, 5) is 33.3. The Labute approximate surface area is 226 Å². The fourth-order valence-corrected chi connectivity index (χ4v) is 6.36. The molecule has 7 nitrogen and oxygen atoms in total. The number of hydrogen-bond donors (Lipinski definition) is 3. The topological polar surface area (TPSA) is 94.6 Å². The minimum atomic E-state index is -0.816. The average Bonchev–Trinajstić information content (AvgIpc) is 3.71. The summed E-state index contributed by atoms with van der Waals surface area (Å²) < 4.78 is 13.4. The van der Waals surface area contributed by atoms with Gasteiger partial charge in [-0.15, -0.1) is 11.3 Å². The number of nitrogens with one attached hydrogen (secondary N) is 2. The normalized spacial score (nSPS) is 20.9. The second-order valence-corrected chi connectivity index (χ2v) is 11.1. The summed E-state index contributed by atoms with van der Waals surface area (Å²) in [6, 6.07) is 12.1. The molecule has 0 aliphatic carbocycles. The maximum atomic E-state index is 13.5. The molecule has 3 heterocycles. The predicted octanol–water partition coefficient (Wildman–Crippen LogP) is 4.02. The van der Waals surface area contributed by atoms with Gasteiger partial charge < -0.3 is 20.6 Å². The second-order valence-electron chi connectivity index (χ2n) is 10.2. The largest absolute Gasteiger partial charge is 0.389 e. The zero-order valence-corrected chi connectivity index (χ0v) is 22.2. The van der Waals surface area contributed by atoms with Gasteiger partial charge in [-0.1, -0.05) is 18.2 Å². The number of amides is 2. The zero-order chi connectivity index (χ0) is 26.6. The highest BCUT2D eigenvalue weighted by molar-refractivity contribution is 7.09. The Hall–Kier alpha value is -3.14. The molecule has 2 fully saturated rings. The van der Waals surface area contributed by atoms with Crippen LogP contribution in [0.4, 0.5) is 4.39 Å². The molecule has 0 saturated carbocycles. The van der Waals surface area contributed by atoms with Crippen LogP contribution in [-0.2, 0) is 6.42 Å². The van der Waals surface area contributed by atoms with Crippen molar-refractivity contribution in [1.82, 2.24) is 20.5 Å². The number of aryl methyl sites for hydroxylation is 1. The molecule has 0 radical (unpaired) electrons. The van der Waals surface area contributed by atoms with Crippen molar-refractivity contribution < 1.29 is 19.1 Å². The molecule has 2 unspecified atom stereocenters. The van der Waals surface area contributed by atoms with Crippen molar-refractivity contribution in [3.63, 3.8) is 0 Å². The first kappa shape index (κ1) is 26.5. The van der Waals surface area contributed by atoms with E-state index in [9.17, 15) is 19.1 Å². The van der Waals surface area contributed by atoms with Crippen LogP contribution >= 0.6 is 11.3 Å². The number of carbonyl (C=O) groups is 2. The van der Waals surface area contributed by atoms with E-state index in [0.29, 0.717) is 24.1 Å². The third-order valence-electron chi connectivity index (χ3n) is 7.42. The highest BCUT2D eigenvalue weighted by atomic mass is 32.1. The fraction of sp³-hybridized carbons (Fsp3) is 0.414. The Bertz CT molecular complexity index is 1270. The number of carbonyl (C=O) groups excluding carboxylic acids is 2. The summed E-state index contributed by atoms with van der Waals surface area (Å²) >= 11 is 1.57. The smallest absolute Gasteiger partial charge is 0.254 e. The van der Waals surface area contributed by atoms with E-state index in [2.05, 4.69) is 15.6 Å². The summed E-state index contributed by atoms with van der Waals surface area (Å²) in [5, 5.41) is 20.4. The second kappa shape index (κ2) is 11.7. The number of aliphatic hydroxyl groups excluding tert-OH is 1. The Kier molecular flexibility index (Phi) is 8.16. The van der Waals surface area contributed by atoms with Crippen LogP contribution < -0.4 is 10.6 Å². The lowest BCUT2D eigenvalue weighted by Gasteiger charge is -2.29. The number of hydrogen-bond acceptors (Lipinski definition) is 6. The number of aromatic nitrogens is 1.